The van der Waals surface area contributed by atoms with Gasteiger partial charge in [0, 0.05) is 42.5 Å². The van der Waals surface area contributed by atoms with Crippen LogP contribution in [0.25, 0.3) is 0 Å². The molecule has 0 amide bonds. The molecule has 0 N–H and O–H groups in total. The molecule has 0 bridgehead atoms. The quantitative estimate of drug-likeness (QED) is 0.495. The maximum absolute atomic E-state index is 0. The summed E-state index contributed by atoms with van der Waals surface area (Å²) < 4.78 is 0. The topological polar surface area (TPSA) is 28.5 Å². The van der Waals surface area contributed by atoms with Gasteiger partial charge in [-0.05, 0) is 0 Å². The van der Waals surface area contributed by atoms with Gasteiger partial charge in [0.25, 0.3) is 0 Å². The van der Waals surface area contributed by atoms with Crippen LogP contribution < -0.4 is 0 Å². The Labute approximate surface area is 64.3 Å². The van der Waals surface area contributed by atoms with Crippen LogP contribution in [-0.2, 0) is 64.7 Å². The van der Waals surface area contributed by atoms with Gasteiger partial charge in [0.05, 0.1) is 0 Å². The van der Waals surface area contributed by atoms with Gasteiger partial charge < -0.3 is 5.48 Å². The zero-order chi connectivity index (χ0) is 0. The summed E-state index contributed by atoms with van der Waals surface area (Å²) in [6.45, 7) is 0. The molecule has 0 spiro atoms. The van der Waals surface area contributed by atoms with Crippen LogP contribution in [0.5, 0.6) is 0 Å². The first-order chi connectivity index (χ1) is 0. The van der Waals surface area contributed by atoms with E-state index < -0.39 is 0 Å². The molecule has 0 unspecified atom stereocenters. The first-order valence-electron chi connectivity index (χ1n) is 0. The molecule has 0 rings (SSSR count). The summed E-state index contributed by atoms with van der Waals surface area (Å²) in [6, 6.07) is 0. The second-order valence-electron chi connectivity index (χ2n) is 0. The van der Waals surface area contributed by atoms with E-state index in [1.54, 1.807) is 0 Å². The second-order valence-corrected chi connectivity index (χ2v) is 0. The molecule has 3 radical (unpaired) electrons. The molecule has 4 heavy (non-hydrogen) atoms. The SMILES string of the molecule is [Co+2].[Ir].[O-2].[Ta]. The van der Waals surface area contributed by atoms with Crippen molar-refractivity contribution in [3.8, 4) is 0 Å². The minimum Gasteiger partial charge on any atom is -2.00 e. The van der Waals surface area contributed by atoms with Gasteiger partial charge in [0.1, 0.15) is 0 Å². The average molecular weight is 448 g/mol. The first-order valence-corrected chi connectivity index (χ1v) is 0. The van der Waals surface area contributed by atoms with E-state index in [0.717, 1.165) is 0 Å². The smallest absolute Gasteiger partial charge is 2.00 e. The van der Waals surface area contributed by atoms with Gasteiger partial charge in [-0.15, -0.1) is 0 Å². The molecule has 0 aromatic heterocycles. The Morgan fingerprint density at radius 2 is 1.00 bits per heavy atom. The molecule has 0 aliphatic heterocycles. The van der Waals surface area contributed by atoms with Gasteiger partial charge in [0.2, 0.25) is 0 Å². The third-order valence-corrected chi connectivity index (χ3v) is 0. The molecule has 0 saturated heterocycles. The van der Waals surface area contributed by atoms with E-state index in [2.05, 4.69) is 0 Å². The van der Waals surface area contributed by atoms with Crippen LogP contribution in [-0.4, -0.2) is 0 Å². The van der Waals surface area contributed by atoms with Gasteiger partial charge in [-0.2, -0.15) is 0 Å². The molecule has 0 heterocycles. The predicted octanol–water partition coefficient (Wildman–Crippen LogP) is -0.126. The average Bonchev–Trinajstić information content (AvgIpc) is 0. The van der Waals surface area contributed by atoms with E-state index in [-0.39, 0.29) is 64.7 Å². The maximum Gasteiger partial charge on any atom is 2.00 e. The Balaban J connectivity index is 0. The third kappa shape index (κ3) is 9.13. The minimum absolute atomic E-state index is 0. The summed E-state index contributed by atoms with van der Waals surface area (Å²) in [6.07, 6.45) is 0. The van der Waals surface area contributed by atoms with Crippen molar-refractivity contribution in [2.75, 3.05) is 0 Å². The summed E-state index contributed by atoms with van der Waals surface area (Å²) in [5.74, 6) is 0. The number of rotatable bonds is 0. The minimum atomic E-state index is 0. The van der Waals surface area contributed by atoms with E-state index >= 15 is 0 Å². The molecular weight excluding hydrogens is 448 g/mol. The number of hydrogen-bond acceptors (Lipinski definition) is 0. The Morgan fingerprint density at radius 1 is 1.00 bits per heavy atom. The normalized spacial score (nSPS) is 0. The Bertz CT molecular complexity index is 8.00. The van der Waals surface area contributed by atoms with E-state index in [9.17, 15) is 0 Å². The Morgan fingerprint density at radius 3 is 1.00 bits per heavy atom. The van der Waals surface area contributed by atoms with Crippen molar-refractivity contribution in [2.45, 2.75) is 0 Å². The summed E-state index contributed by atoms with van der Waals surface area (Å²) in [5, 5.41) is 0. The summed E-state index contributed by atoms with van der Waals surface area (Å²) >= 11 is 0. The van der Waals surface area contributed by atoms with Crippen molar-refractivity contribution in [1.29, 1.82) is 0 Å². The molecule has 0 aliphatic carbocycles. The van der Waals surface area contributed by atoms with Crippen LogP contribution in [0.15, 0.2) is 0 Å². The van der Waals surface area contributed by atoms with Crippen molar-refractivity contribution in [1.82, 2.24) is 0 Å². The Hall–Kier alpha value is 1.86. The number of hydrogen-bond donors (Lipinski definition) is 0. The zero-order valence-corrected chi connectivity index (χ0v) is 8.17. The summed E-state index contributed by atoms with van der Waals surface area (Å²) in [5.41, 5.74) is 0. The molecule has 4 heteroatoms. The maximum atomic E-state index is 0. The molecule has 1 nitrogen and oxygen atoms in total. The molecule has 0 aromatic rings. The fraction of sp³-hybridized carbons (Fsp3) is 0. The zero-order valence-electron chi connectivity index (χ0n) is 1.52. The van der Waals surface area contributed by atoms with Gasteiger partial charge in [-0.1, -0.05) is 0 Å². The van der Waals surface area contributed by atoms with Crippen molar-refractivity contribution >= 4 is 0 Å². The monoisotopic (exact) mass is 449 g/mol. The van der Waals surface area contributed by atoms with Gasteiger partial charge in [-0.3, -0.25) is 0 Å². The predicted molar refractivity (Wildman–Crippen MR) is 0.686 cm³/mol. The van der Waals surface area contributed by atoms with Crippen molar-refractivity contribution < 1.29 is 64.7 Å². The molecule has 0 saturated carbocycles. The molecule has 0 aliphatic rings. The van der Waals surface area contributed by atoms with E-state index in [1.165, 1.54) is 0 Å². The standard InChI is InChI=1S/Co.Ir.O.Ta/q+2;;-2;. The van der Waals surface area contributed by atoms with Crippen LogP contribution in [0.4, 0.5) is 0 Å². The van der Waals surface area contributed by atoms with Crippen molar-refractivity contribution in [3.63, 3.8) is 0 Å². The van der Waals surface area contributed by atoms with Crippen LogP contribution >= 0.6 is 0 Å². The van der Waals surface area contributed by atoms with Gasteiger partial charge >= 0.3 is 16.8 Å². The van der Waals surface area contributed by atoms with Gasteiger partial charge in [0.15, 0.2) is 0 Å². The van der Waals surface area contributed by atoms with Crippen LogP contribution in [0.2, 0.25) is 0 Å². The first kappa shape index (κ1) is 40.1. The van der Waals surface area contributed by atoms with E-state index in [0.29, 0.717) is 0 Å². The molecule has 0 fully saturated rings. The van der Waals surface area contributed by atoms with Crippen molar-refractivity contribution in [3.05, 3.63) is 0 Å². The van der Waals surface area contributed by atoms with Crippen LogP contribution in [0.1, 0.15) is 0 Å². The second kappa shape index (κ2) is 21.0. The fourth-order valence-corrected chi connectivity index (χ4v) is 0. The third-order valence-electron chi connectivity index (χ3n) is 0. The van der Waals surface area contributed by atoms with E-state index in [1.807, 2.05) is 0 Å². The molecular formula is CoIrOTa. The molecule has 0 atom stereocenters. The Kier molecular flexibility index (Phi) is 210. The van der Waals surface area contributed by atoms with E-state index in [4.69, 9.17) is 0 Å². The largest absolute Gasteiger partial charge is 2.00 e. The van der Waals surface area contributed by atoms with Crippen molar-refractivity contribution in [2.24, 2.45) is 0 Å². The molecule has 0 aromatic carbocycles. The van der Waals surface area contributed by atoms with Crippen LogP contribution in [0, 0.1) is 0 Å². The fourth-order valence-electron chi connectivity index (χ4n) is 0. The molecule has 29 valence electrons. The summed E-state index contributed by atoms with van der Waals surface area (Å²) in [7, 11) is 0. The van der Waals surface area contributed by atoms with Crippen LogP contribution in [0.3, 0.4) is 0 Å². The summed E-state index contributed by atoms with van der Waals surface area (Å²) in [4.78, 5) is 0. The van der Waals surface area contributed by atoms with Gasteiger partial charge in [-0.25, -0.2) is 0 Å².